The van der Waals surface area contributed by atoms with Crippen LogP contribution in [0.1, 0.15) is 52.7 Å². The number of pyridine rings is 1. The molecule has 1 aliphatic rings. The fraction of sp³-hybridized carbons (Fsp3) is 0.375. The zero-order chi connectivity index (χ0) is 20.2. The van der Waals surface area contributed by atoms with Crippen LogP contribution in [0.2, 0.25) is 0 Å². The van der Waals surface area contributed by atoms with Gasteiger partial charge in [0.1, 0.15) is 11.5 Å². The van der Waals surface area contributed by atoms with Gasteiger partial charge in [0.25, 0.3) is 5.91 Å². The summed E-state index contributed by atoms with van der Waals surface area (Å²) in [6.45, 7) is 5.58. The summed E-state index contributed by atoms with van der Waals surface area (Å²) in [6, 6.07) is 12.0. The molecule has 0 spiro atoms. The highest BCUT2D eigenvalue weighted by Gasteiger charge is 2.26. The van der Waals surface area contributed by atoms with E-state index in [1.54, 1.807) is 6.20 Å². The van der Waals surface area contributed by atoms with E-state index < -0.39 is 0 Å². The first-order valence-corrected chi connectivity index (χ1v) is 10.3. The number of benzene rings is 1. The Morgan fingerprint density at radius 3 is 2.69 bits per heavy atom. The average Bonchev–Trinajstić information content (AvgIpc) is 3.15. The van der Waals surface area contributed by atoms with E-state index in [0.717, 1.165) is 42.2 Å². The third-order valence-corrected chi connectivity index (χ3v) is 5.25. The third kappa shape index (κ3) is 4.73. The summed E-state index contributed by atoms with van der Waals surface area (Å²) < 4.78 is 5.94. The summed E-state index contributed by atoms with van der Waals surface area (Å²) in [4.78, 5) is 23.6. The van der Waals surface area contributed by atoms with Crippen molar-refractivity contribution < 1.29 is 9.21 Å². The predicted molar refractivity (Wildman–Crippen MR) is 112 cm³/mol. The Balaban J connectivity index is 1.39. The molecule has 1 aliphatic heterocycles. The number of carbonyl (C=O) groups is 1. The number of aromatic nitrogens is 2. The standard InChI is InChI=1S/C24H27N3O2/c1-17(2)14-18-5-8-20(9-6-18)24(28)27-13-11-22-21(16-27)26-23(29-22)10-7-19-4-3-12-25-15-19/h3-6,8-9,12,15,17H,7,10-11,13-14,16H2,1-2H3. The Labute approximate surface area is 171 Å². The van der Waals surface area contributed by atoms with Gasteiger partial charge < -0.3 is 9.32 Å². The first kappa shape index (κ1) is 19.4. The van der Waals surface area contributed by atoms with Gasteiger partial charge in [-0.15, -0.1) is 0 Å². The highest BCUT2D eigenvalue weighted by molar-refractivity contribution is 5.94. The van der Waals surface area contributed by atoms with Crippen molar-refractivity contribution in [2.75, 3.05) is 6.54 Å². The fourth-order valence-corrected chi connectivity index (χ4v) is 3.77. The van der Waals surface area contributed by atoms with Crippen molar-refractivity contribution in [3.05, 3.63) is 82.8 Å². The SMILES string of the molecule is CC(C)Cc1ccc(C(=O)N2CCc3oc(CCc4cccnc4)nc3C2)cc1. The zero-order valence-electron chi connectivity index (χ0n) is 17.1. The normalized spacial score (nSPS) is 13.6. The molecule has 4 rings (SSSR count). The van der Waals surface area contributed by atoms with Crippen molar-refractivity contribution in [3.8, 4) is 0 Å². The molecule has 0 bridgehead atoms. The lowest BCUT2D eigenvalue weighted by Crippen LogP contribution is -2.35. The van der Waals surface area contributed by atoms with Gasteiger partial charge in [0.05, 0.1) is 6.54 Å². The van der Waals surface area contributed by atoms with E-state index >= 15 is 0 Å². The minimum absolute atomic E-state index is 0.0617. The number of rotatable bonds is 6. The van der Waals surface area contributed by atoms with E-state index in [-0.39, 0.29) is 5.91 Å². The molecule has 0 unspecified atom stereocenters. The van der Waals surface area contributed by atoms with Gasteiger partial charge in [-0.2, -0.15) is 0 Å². The highest BCUT2D eigenvalue weighted by atomic mass is 16.4. The summed E-state index contributed by atoms with van der Waals surface area (Å²) in [7, 11) is 0. The number of fused-ring (bicyclic) bond motifs is 1. The smallest absolute Gasteiger partial charge is 0.254 e. The van der Waals surface area contributed by atoms with Crippen LogP contribution in [-0.2, 0) is 32.2 Å². The number of aryl methyl sites for hydroxylation is 2. The summed E-state index contributed by atoms with van der Waals surface area (Å²) in [5, 5.41) is 0. The number of oxazole rings is 1. The molecular formula is C24H27N3O2. The van der Waals surface area contributed by atoms with Gasteiger partial charge in [-0.05, 0) is 48.1 Å². The van der Waals surface area contributed by atoms with Gasteiger partial charge in [-0.3, -0.25) is 9.78 Å². The molecule has 0 saturated heterocycles. The number of carbonyl (C=O) groups excluding carboxylic acids is 1. The molecule has 0 N–H and O–H groups in total. The molecule has 0 saturated carbocycles. The van der Waals surface area contributed by atoms with Crippen LogP contribution in [0.4, 0.5) is 0 Å². The van der Waals surface area contributed by atoms with Crippen LogP contribution < -0.4 is 0 Å². The van der Waals surface area contributed by atoms with Gasteiger partial charge in [0.15, 0.2) is 5.89 Å². The lowest BCUT2D eigenvalue weighted by atomic mass is 10.0. The van der Waals surface area contributed by atoms with Gasteiger partial charge in [-0.1, -0.05) is 32.0 Å². The second-order valence-electron chi connectivity index (χ2n) is 8.11. The summed E-state index contributed by atoms with van der Waals surface area (Å²) in [5.74, 6) is 2.33. The zero-order valence-corrected chi connectivity index (χ0v) is 17.1. The lowest BCUT2D eigenvalue weighted by molar-refractivity contribution is 0.0728. The van der Waals surface area contributed by atoms with Crippen molar-refractivity contribution in [1.82, 2.24) is 14.9 Å². The number of hydrogen-bond acceptors (Lipinski definition) is 4. The third-order valence-electron chi connectivity index (χ3n) is 5.25. The Morgan fingerprint density at radius 2 is 1.97 bits per heavy atom. The Morgan fingerprint density at radius 1 is 1.14 bits per heavy atom. The van der Waals surface area contributed by atoms with Crippen molar-refractivity contribution in [2.24, 2.45) is 5.92 Å². The summed E-state index contributed by atoms with van der Waals surface area (Å²) in [5.41, 5.74) is 4.07. The molecule has 0 aliphatic carbocycles. The molecule has 1 amide bonds. The van der Waals surface area contributed by atoms with Crippen LogP contribution >= 0.6 is 0 Å². The van der Waals surface area contributed by atoms with E-state index in [1.165, 1.54) is 11.1 Å². The molecule has 0 radical (unpaired) electrons. The van der Waals surface area contributed by atoms with Gasteiger partial charge in [-0.25, -0.2) is 4.98 Å². The van der Waals surface area contributed by atoms with Crippen molar-refractivity contribution >= 4 is 5.91 Å². The van der Waals surface area contributed by atoms with E-state index in [1.807, 2.05) is 29.3 Å². The minimum atomic E-state index is 0.0617. The van der Waals surface area contributed by atoms with Crippen LogP contribution in [0, 0.1) is 5.92 Å². The molecule has 3 heterocycles. The van der Waals surface area contributed by atoms with Crippen LogP contribution in [0.25, 0.3) is 0 Å². The van der Waals surface area contributed by atoms with Gasteiger partial charge >= 0.3 is 0 Å². The first-order chi connectivity index (χ1) is 14.1. The Hall–Kier alpha value is -2.95. The topological polar surface area (TPSA) is 59.2 Å². The van der Waals surface area contributed by atoms with Crippen LogP contribution in [0.5, 0.6) is 0 Å². The molecule has 150 valence electrons. The largest absolute Gasteiger partial charge is 0.445 e. The molecule has 5 nitrogen and oxygen atoms in total. The van der Waals surface area contributed by atoms with Gasteiger partial charge in [0, 0.05) is 37.3 Å². The molecule has 29 heavy (non-hydrogen) atoms. The molecule has 3 aromatic rings. The van der Waals surface area contributed by atoms with Crippen molar-refractivity contribution in [1.29, 1.82) is 0 Å². The Kier molecular flexibility index (Phi) is 5.74. The average molecular weight is 389 g/mol. The molecule has 5 heteroatoms. The first-order valence-electron chi connectivity index (χ1n) is 10.3. The fourth-order valence-electron chi connectivity index (χ4n) is 3.77. The van der Waals surface area contributed by atoms with E-state index in [9.17, 15) is 4.79 Å². The van der Waals surface area contributed by atoms with E-state index in [4.69, 9.17) is 4.42 Å². The predicted octanol–water partition coefficient (Wildman–Crippen LogP) is 4.25. The Bertz CT molecular complexity index is 962. The number of hydrogen-bond donors (Lipinski definition) is 0. The highest BCUT2D eigenvalue weighted by Crippen LogP contribution is 2.22. The maximum Gasteiger partial charge on any atom is 0.254 e. The maximum atomic E-state index is 12.9. The summed E-state index contributed by atoms with van der Waals surface area (Å²) in [6.07, 6.45) is 6.98. The lowest BCUT2D eigenvalue weighted by Gasteiger charge is -2.25. The number of amides is 1. The monoisotopic (exact) mass is 389 g/mol. The van der Waals surface area contributed by atoms with E-state index in [2.05, 4.69) is 42.0 Å². The van der Waals surface area contributed by atoms with Crippen LogP contribution in [-0.4, -0.2) is 27.3 Å². The number of nitrogens with zero attached hydrogens (tertiary/aromatic N) is 3. The molecule has 0 atom stereocenters. The molecular weight excluding hydrogens is 362 g/mol. The molecule has 1 aromatic carbocycles. The maximum absolute atomic E-state index is 12.9. The van der Waals surface area contributed by atoms with Crippen LogP contribution in [0.15, 0.2) is 53.2 Å². The minimum Gasteiger partial charge on any atom is -0.445 e. The van der Waals surface area contributed by atoms with Gasteiger partial charge in [0.2, 0.25) is 0 Å². The second kappa shape index (κ2) is 8.60. The quantitative estimate of drug-likeness (QED) is 0.632. The second-order valence-corrected chi connectivity index (χ2v) is 8.11. The molecule has 2 aromatic heterocycles. The van der Waals surface area contributed by atoms with Crippen LogP contribution in [0.3, 0.4) is 0 Å². The summed E-state index contributed by atoms with van der Waals surface area (Å²) >= 11 is 0. The van der Waals surface area contributed by atoms with Crippen molar-refractivity contribution in [2.45, 2.75) is 46.1 Å². The van der Waals surface area contributed by atoms with E-state index in [0.29, 0.717) is 25.4 Å². The van der Waals surface area contributed by atoms with Crippen molar-refractivity contribution in [3.63, 3.8) is 0 Å². The molecule has 0 fully saturated rings.